The fourth-order valence-electron chi connectivity index (χ4n) is 2.50. The van der Waals surface area contributed by atoms with Crippen LogP contribution in [0.4, 0.5) is 0 Å². The molecule has 3 aromatic rings. The molecule has 0 atom stereocenters. The number of aromatic nitrogens is 1. The number of hydrogen-bond acceptors (Lipinski definition) is 7. The molecule has 0 saturated heterocycles. The molecule has 1 aromatic heterocycles. The Morgan fingerprint density at radius 3 is 2.55 bits per heavy atom. The van der Waals surface area contributed by atoms with Crippen LogP contribution in [-0.2, 0) is 16.1 Å². The molecule has 2 aromatic carbocycles. The summed E-state index contributed by atoms with van der Waals surface area (Å²) in [4.78, 5) is 16.5. The van der Waals surface area contributed by atoms with Crippen molar-refractivity contribution in [2.75, 3.05) is 20.8 Å². The number of esters is 1. The van der Waals surface area contributed by atoms with Crippen molar-refractivity contribution in [2.45, 2.75) is 13.0 Å². The van der Waals surface area contributed by atoms with Crippen LogP contribution in [0.2, 0.25) is 0 Å². The molecule has 0 bridgehead atoms. The van der Waals surface area contributed by atoms with Gasteiger partial charge in [0.15, 0.2) is 0 Å². The van der Waals surface area contributed by atoms with Crippen molar-refractivity contribution < 1.29 is 23.7 Å². The number of thiazole rings is 1. The lowest BCUT2D eigenvalue weighted by Crippen LogP contribution is -2.10. The van der Waals surface area contributed by atoms with E-state index < -0.39 is 0 Å². The lowest BCUT2D eigenvalue weighted by atomic mass is 10.2. The first-order valence-corrected chi connectivity index (χ1v) is 10.5. The molecule has 6 nitrogen and oxygen atoms in total. The Morgan fingerprint density at radius 1 is 1.07 bits per heavy atom. The second-order valence-electron chi connectivity index (χ2n) is 5.92. The largest absolute Gasteiger partial charge is 0.497 e. The highest BCUT2D eigenvalue weighted by Gasteiger charge is 2.12. The average molecular weight is 478 g/mol. The predicted molar refractivity (Wildman–Crippen MR) is 115 cm³/mol. The predicted octanol–water partition coefficient (Wildman–Crippen LogP) is 5.10. The summed E-state index contributed by atoms with van der Waals surface area (Å²) in [6.45, 7) is 0.358. The van der Waals surface area contributed by atoms with Crippen LogP contribution in [-0.4, -0.2) is 31.8 Å². The monoisotopic (exact) mass is 477 g/mol. The molecule has 152 valence electrons. The Labute approximate surface area is 181 Å². The standard InChI is InChI=1S/C21H20BrNO5S/c1-25-16-4-6-17(7-5-16)27-10-9-20(24)28-12-15-13-29-21(23-15)18-11-14(22)3-8-19(18)26-2/h3-8,11,13H,9-10,12H2,1-2H3. The molecule has 0 radical (unpaired) electrons. The molecule has 29 heavy (non-hydrogen) atoms. The summed E-state index contributed by atoms with van der Waals surface area (Å²) in [7, 11) is 3.23. The third-order valence-corrected chi connectivity index (χ3v) is 5.38. The molecule has 0 unspecified atom stereocenters. The van der Waals surface area contributed by atoms with Gasteiger partial charge in [-0.05, 0) is 42.5 Å². The number of halogens is 1. The molecule has 0 amide bonds. The fraction of sp³-hybridized carbons (Fsp3) is 0.238. The van der Waals surface area contributed by atoms with E-state index in [4.69, 9.17) is 18.9 Å². The lowest BCUT2D eigenvalue weighted by Gasteiger charge is -2.07. The van der Waals surface area contributed by atoms with Gasteiger partial charge in [0.1, 0.15) is 28.9 Å². The van der Waals surface area contributed by atoms with Gasteiger partial charge in [0, 0.05) is 9.85 Å². The van der Waals surface area contributed by atoms with E-state index in [0.29, 0.717) is 11.4 Å². The molecule has 8 heteroatoms. The summed E-state index contributed by atoms with van der Waals surface area (Å²) in [5.74, 6) is 1.82. The van der Waals surface area contributed by atoms with Gasteiger partial charge in [0.25, 0.3) is 0 Å². The zero-order chi connectivity index (χ0) is 20.6. The van der Waals surface area contributed by atoms with Gasteiger partial charge in [-0.2, -0.15) is 0 Å². The van der Waals surface area contributed by atoms with E-state index >= 15 is 0 Å². The molecule has 0 spiro atoms. The molecular formula is C21H20BrNO5S. The molecule has 0 aliphatic heterocycles. The molecule has 0 fully saturated rings. The minimum atomic E-state index is -0.340. The van der Waals surface area contributed by atoms with Crippen LogP contribution in [0.3, 0.4) is 0 Å². The van der Waals surface area contributed by atoms with Crippen molar-refractivity contribution in [3.63, 3.8) is 0 Å². The first-order chi connectivity index (χ1) is 14.1. The van der Waals surface area contributed by atoms with Gasteiger partial charge in [-0.15, -0.1) is 11.3 Å². The Morgan fingerprint density at radius 2 is 1.83 bits per heavy atom. The lowest BCUT2D eigenvalue weighted by molar-refractivity contribution is -0.145. The summed E-state index contributed by atoms with van der Waals surface area (Å²) in [6, 6.07) is 12.9. The van der Waals surface area contributed by atoms with E-state index in [2.05, 4.69) is 20.9 Å². The van der Waals surface area contributed by atoms with Crippen molar-refractivity contribution in [3.8, 4) is 27.8 Å². The fourth-order valence-corrected chi connectivity index (χ4v) is 3.68. The van der Waals surface area contributed by atoms with E-state index in [1.54, 1.807) is 38.5 Å². The smallest absolute Gasteiger partial charge is 0.309 e. The van der Waals surface area contributed by atoms with Crippen LogP contribution >= 0.6 is 27.3 Å². The van der Waals surface area contributed by atoms with Crippen molar-refractivity contribution in [1.82, 2.24) is 4.98 Å². The Hall–Kier alpha value is -2.58. The highest BCUT2D eigenvalue weighted by Crippen LogP contribution is 2.34. The van der Waals surface area contributed by atoms with Crippen LogP contribution in [0.5, 0.6) is 17.2 Å². The number of rotatable bonds is 9. The van der Waals surface area contributed by atoms with E-state index in [-0.39, 0.29) is 25.6 Å². The number of carbonyl (C=O) groups is 1. The highest BCUT2D eigenvalue weighted by molar-refractivity contribution is 9.10. The first-order valence-electron chi connectivity index (χ1n) is 8.80. The zero-order valence-corrected chi connectivity index (χ0v) is 18.4. The van der Waals surface area contributed by atoms with E-state index in [1.807, 2.05) is 23.6 Å². The van der Waals surface area contributed by atoms with E-state index in [9.17, 15) is 4.79 Å². The Bertz CT molecular complexity index is 958. The second-order valence-corrected chi connectivity index (χ2v) is 7.70. The first kappa shape index (κ1) is 21.1. The van der Waals surface area contributed by atoms with Gasteiger partial charge in [-0.3, -0.25) is 4.79 Å². The van der Waals surface area contributed by atoms with Gasteiger partial charge in [0.2, 0.25) is 0 Å². The molecular weight excluding hydrogens is 458 g/mol. The Kier molecular flexibility index (Phi) is 7.48. The number of methoxy groups -OCH3 is 2. The minimum Gasteiger partial charge on any atom is -0.497 e. The third-order valence-electron chi connectivity index (χ3n) is 3.96. The maximum atomic E-state index is 12.0. The van der Waals surface area contributed by atoms with Gasteiger partial charge in [-0.25, -0.2) is 4.98 Å². The van der Waals surface area contributed by atoms with Crippen LogP contribution in [0.25, 0.3) is 10.6 Å². The number of carbonyl (C=O) groups excluding carboxylic acids is 1. The van der Waals surface area contributed by atoms with Crippen molar-refractivity contribution in [2.24, 2.45) is 0 Å². The van der Waals surface area contributed by atoms with Crippen molar-refractivity contribution >= 4 is 33.2 Å². The maximum absolute atomic E-state index is 12.0. The maximum Gasteiger partial charge on any atom is 0.309 e. The SMILES string of the molecule is COc1ccc(OCCC(=O)OCc2csc(-c3cc(Br)ccc3OC)n2)cc1. The van der Waals surface area contributed by atoms with Gasteiger partial charge in [-0.1, -0.05) is 15.9 Å². The second kappa shape index (κ2) is 10.3. The number of nitrogens with zero attached hydrogens (tertiary/aromatic N) is 1. The number of hydrogen-bond donors (Lipinski definition) is 0. The quantitative estimate of drug-likeness (QED) is 0.399. The van der Waals surface area contributed by atoms with Gasteiger partial charge in [0.05, 0.1) is 38.5 Å². The summed E-state index contributed by atoms with van der Waals surface area (Å²) < 4.78 is 22.3. The molecule has 0 aliphatic rings. The van der Waals surface area contributed by atoms with Gasteiger partial charge < -0.3 is 18.9 Å². The summed E-state index contributed by atoms with van der Waals surface area (Å²) in [5, 5.41) is 2.67. The normalized spacial score (nSPS) is 10.4. The van der Waals surface area contributed by atoms with Crippen molar-refractivity contribution in [1.29, 1.82) is 0 Å². The van der Waals surface area contributed by atoms with Crippen LogP contribution in [0, 0.1) is 0 Å². The van der Waals surface area contributed by atoms with E-state index in [1.165, 1.54) is 11.3 Å². The van der Waals surface area contributed by atoms with Crippen LogP contribution < -0.4 is 14.2 Å². The number of benzene rings is 2. The Balaban J connectivity index is 1.48. The summed E-state index contributed by atoms with van der Waals surface area (Å²) in [6.07, 6.45) is 0.155. The molecule has 0 N–H and O–H groups in total. The minimum absolute atomic E-state index is 0.119. The summed E-state index contributed by atoms with van der Waals surface area (Å²) >= 11 is 4.93. The number of ether oxygens (including phenoxy) is 4. The third kappa shape index (κ3) is 5.95. The van der Waals surface area contributed by atoms with Crippen LogP contribution in [0.1, 0.15) is 12.1 Å². The molecule has 3 rings (SSSR count). The van der Waals surface area contributed by atoms with Gasteiger partial charge >= 0.3 is 5.97 Å². The molecule has 0 aliphatic carbocycles. The molecule has 1 heterocycles. The average Bonchev–Trinajstić information content (AvgIpc) is 3.21. The van der Waals surface area contributed by atoms with Crippen LogP contribution in [0.15, 0.2) is 52.3 Å². The topological polar surface area (TPSA) is 66.9 Å². The highest BCUT2D eigenvalue weighted by atomic mass is 79.9. The van der Waals surface area contributed by atoms with E-state index in [0.717, 1.165) is 26.5 Å². The van der Waals surface area contributed by atoms with Crippen molar-refractivity contribution in [3.05, 3.63) is 58.0 Å². The zero-order valence-electron chi connectivity index (χ0n) is 16.0. The summed E-state index contributed by atoms with van der Waals surface area (Å²) in [5.41, 5.74) is 1.58. The molecule has 0 saturated carbocycles.